The van der Waals surface area contributed by atoms with Crippen molar-refractivity contribution in [2.24, 2.45) is 27.9 Å². The van der Waals surface area contributed by atoms with Crippen molar-refractivity contribution in [3.63, 3.8) is 0 Å². The van der Waals surface area contributed by atoms with Crippen molar-refractivity contribution < 1.29 is 0 Å². The summed E-state index contributed by atoms with van der Waals surface area (Å²) in [6.45, 7) is 12.0. The Bertz CT molecular complexity index is 265. The van der Waals surface area contributed by atoms with Crippen LogP contribution in [0.5, 0.6) is 0 Å². The van der Waals surface area contributed by atoms with E-state index in [1.165, 1.54) is 25.7 Å². The lowest BCUT2D eigenvalue weighted by molar-refractivity contribution is 0.0902. The van der Waals surface area contributed by atoms with Gasteiger partial charge in [-0.1, -0.05) is 34.6 Å². The van der Waals surface area contributed by atoms with Crippen LogP contribution in [0, 0.1) is 22.2 Å². The van der Waals surface area contributed by atoms with Gasteiger partial charge in [-0.05, 0) is 47.8 Å². The molecule has 2 fully saturated rings. The number of rotatable bonds is 2. The third-order valence-corrected chi connectivity index (χ3v) is 6.61. The van der Waals surface area contributed by atoms with Gasteiger partial charge in [0.2, 0.25) is 0 Å². The van der Waals surface area contributed by atoms with Crippen LogP contribution in [0.3, 0.4) is 0 Å². The first-order valence-electron chi connectivity index (χ1n) is 6.62. The molecule has 88 valence electrons. The molecule has 2 aliphatic carbocycles. The Balaban J connectivity index is 2.50. The summed E-state index contributed by atoms with van der Waals surface area (Å²) in [5.41, 5.74) is 7.88. The maximum Gasteiger partial charge on any atom is 0.0158 e. The topological polar surface area (TPSA) is 26.0 Å². The highest BCUT2D eigenvalue weighted by atomic mass is 14.9. The first kappa shape index (κ1) is 11.4. The summed E-state index contributed by atoms with van der Waals surface area (Å²) in [4.78, 5) is 0. The summed E-state index contributed by atoms with van der Waals surface area (Å²) in [5.74, 6) is 0.847. The molecule has 2 bridgehead atoms. The molecule has 2 unspecified atom stereocenters. The minimum atomic E-state index is 0.379. The molecule has 1 heteroatoms. The second kappa shape index (κ2) is 3.00. The van der Waals surface area contributed by atoms with Crippen molar-refractivity contribution in [3.8, 4) is 0 Å². The summed E-state index contributed by atoms with van der Waals surface area (Å²) < 4.78 is 0. The van der Waals surface area contributed by atoms with Crippen molar-refractivity contribution in [3.05, 3.63) is 0 Å². The molecule has 3 atom stereocenters. The zero-order valence-corrected chi connectivity index (χ0v) is 11.1. The van der Waals surface area contributed by atoms with Gasteiger partial charge >= 0.3 is 0 Å². The first-order chi connectivity index (χ1) is 6.87. The lowest BCUT2D eigenvalue weighted by Gasteiger charge is -2.44. The van der Waals surface area contributed by atoms with E-state index in [0.717, 1.165) is 5.92 Å². The summed E-state index contributed by atoms with van der Waals surface area (Å²) >= 11 is 0. The quantitative estimate of drug-likeness (QED) is 0.739. The largest absolute Gasteiger partial charge is 0.327 e. The molecule has 15 heavy (non-hydrogen) atoms. The van der Waals surface area contributed by atoms with Gasteiger partial charge < -0.3 is 5.73 Å². The molecular weight excluding hydrogens is 182 g/mol. The average molecular weight is 209 g/mol. The Labute approximate surface area is 94.8 Å². The van der Waals surface area contributed by atoms with E-state index in [4.69, 9.17) is 5.73 Å². The van der Waals surface area contributed by atoms with Crippen LogP contribution in [-0.4, -0.2) is 6.04 Å². The summed E-state index contributed by atoms with van der Waals surface area (Å²) in [7, 11) is 0. The molecule has 0 spiro atoms. The molecule has 2 saturated carbocycles. The SMILES string of the molecule is CCC1(CC)C2CCC(C)([C@H]1N)C2(C)C. The van der Waals surface area contributed by atoms with Gasteiger partial charge in [-0.2, -0.15) is 0 Å². The molecule has 0 saturated heterocycles. The normalized spacial score (nSPS) is 46.0. The van der Waals surface area contributed by atoms with E-state index in [1.807, 2.05) is 0 Å². The van der Waals surface area contributed by atoms with E-state index in [2.05, 4.69) is 34.6 Å². The first-order valence-corrected chi connectivity index (χ1v) is 6.62. The Kier molecular flexibility index (Phi) is 2.29. The minimum Gasteiger partial charge on any atom is -0.327 e. The predicted molar refractivity (Wildman–Crippen MR) is 65.6 cm³/mol. The van der Waals surface area contributed by atoms with Crippen LogP contribution in [-0.2, 0) is 0 Å². The highest BCUT2D eigenvalue weighted by molar-refractivity contribution is 5.21. The van der Waals surface area contributed by atoms with Gasteiger partial charge in [0.1, 0.15) is 0 Å². The molecule has 0 aliphatic heterocycles. The van der Waals surface area contributed by atoms with Crippen LogP contribution >= 0.6 is 0 Å². The highest BCUT2D eigenvalue weighted by Gasteiger charge is 2.69. The summed E-state index contributed by atoms with van der Waals surface area (Å²) in [5, 5.41) is 0. The van der Waals surface area contributed by atoms with Gasteiger partial charge in [0.25, 0.3) is 0 Å². The van der Waals surface area contributed by atoms with Gasteiger partial charge in [0, 0.05) is 6.04 Å². The monoisotopic (exact) mass is 209 g/mol. The molecule has 2 N–H and O–H groups in total. The Morgan fingerprint density at radius 3 is 1.93 bits per heavy atom. The fraction of sp³-hybridized carbons (Fsp3) is 1.00. The van der Waals surface area contributed by atoms with E-state index in [9.17, 15) is 0 Å². The zero-order valence-electron chi connectivity index (χ0n) is 11.1. The molecular formula is C14H27N. The van der Waals surface area contributed by atoms with Gasteiger partial charge in [-0.25, -0.2) is 0 Å². The number of hydrogen-bond donors (Lipinski definition) is 1. The van der Waals surface area contributed by atoms with E-state index >= 15 is 0 Å². The fourth-order valence-electron chi connectivity index (χ4n) is 5.12. The maximum absolute atomic E-state index is 6.63. The molecule has 2 rings (SSSR count). The Morgan fingerprint density at radius 2 is 1.67 bits per heavy atom. The van der Waals surface area contributed by atoms with E-state index < -0.39 is 0 Å². The van der Waals surface area contributed by atoms with E-state index in [-0.39, 0.29) is 0 Å². The third kappa shape index (κ3) is 0.988. The second-order valence-corrected chi connectivity index (χ2v) is 6.65. The summed E-state index contributed by atoms with van der Waals surface area (Å²) in [6, 6.07) is 0.411. The maximum atomic E-state index is 6.63. The fourth-order valence-corrected chi connectivity index (χ4v) is 5.12. The zero-order chi connectivity index (χ0) is 11.5. The molecule has 0 aromatic heterocycles. The molecule has 0 amide bonds. The van der Waals surface area contributed by atoms with Crippen molar-refractivity contribution >= 4 is 0 Å². The summed E-state index contributed by atoms with van der Waals surface area (Å²) in [6.07, 6.45) is 5.26. The van der Waals surface area contributed by atoms with E-state index in [1.54, 1.807) is 0 Å². The molecule has 0 aromatic carbocycles. The van der Waals surface area contributed by atoms with Crippen molar-refractivity contribution in [2.45, 2.75) is 66.3 Å². The number of fused-ring (bicyclic) bond motifs is 2. The van der Waals surface area contributed by atoms with Gasteiger partial charge in [0.05, 0.1) is 0 Å². The minimum absolute atomic E-state index is 0.379. The molecule has 2 aliphatic rings. The molecule has 1 nitrogen and oxygen atoms in total. The van der Waals surface area contributed by atoms with Gasteiger partial charge in [0.15, 0.2) is 0 Å². The molecule has 0 heterocycles. The standard InChI is InChI=1S/C14H27N/c1-6-14(7-2)10-8-9-13(5,11(14)15)12(10,3)4/h10-11H,6-9,15H2,1-5H3/t10?,11-,13?/m1/s1. The third-order valence-electron chi connectivity index (χ3n) is 6.61. The van der Waals surface area contributed by atoms with Crippen LogP contribution in [0.2, 0.25) is 0 Å². The van der Waals surface area contributed by atoms with Crippen molar-refractivity contribution in [1.82, 2.24) is 0 Å². The second-order valence-electron chi connectivity index (χ2n) is 6.65. The van der Waals surface area contributed by atoms with Crippen LogP contribution in [0.4, 0.5) is 0 Å². The highest BCUT2D eigenvalue weighted by Crippen LogP contribution is 2.73. The Morgan fingerprint density at radius 1 is 1.13 bits per heavy atom. The number of hydrogen-bond acceptors (Lipinski definition) is 1. The van der Waals surface area contributed by atoms with Crippen LogP contribution in [0.25, 0.3) is 0 Å². The van der Waals surface area contributed by atoms with Crippen molar-refractivity contribution in [1.29, 1.82) is 0 Å². The number of nitrogens with two attached hydrogens (primary N) is 1. The Hall–Kier alpha value is -0.0400. The van der Waals surface area contributed by atoms with Crippen LogP contribution < -0.4 is 5.73 Å². The smallest absolute Gasteiger partial charge is 0.0158 e. The lowest BCUT2D eigenvalue weighted by atomic mass is 9.64. The lowest BCUT2D eigenvalue weighted by Crippen LogP contribution is -2.50. The van der Waals surface area contributed by atoms with Crippen LogP contribution in [0.1, 0.15) is 60.3 Å². The molecule has 0 radical (unpaired) electrons. The molecule has 0 aromatic rings. The van der Waals surface area contributed by atoms with E-state index in [0.29, 0.717) is 22.3 Å². The predicted octanol–water partition coefficient (Wildman–Crippen LogP) is 3.58. The van der Waals surface area contributed by atoms with Gasteiger partial charge in [-0.15, -0.1) is 0 Å². The van der Waals surface area contributed by atoms with Crippen molar-refractivity contribution in [2.75, 3.05) is 0 Å². The van der Waals surface area contributed by atoms with Crippen LogP contribution in [0.15, 0.2) is 0 Å². The van der Waals surface area contributed by atoms with Gasteiger partial charge in [-0.3, -0.25) is 0 Å². The average Bonchev–Trinajstić information content (AvgIpc) is 2.50.